The molecule has 1 amide bonds. The molecule has 4 N–H and O–H groups in total. The summed E-state index contributed by atoms with van der Waals surface area (Å²) in [5.74, 6) is 5.41. The number of morpholine rings is 1. The van der Waals surface area contributed by atoms with E-state index in [1.165, 1.54) is 11.6 Å². The van der Waals surface area contributed by atoms with Crippen LogP contribution in [-0.4, -0.2) is 47.1 Å². The van der Waals surface area contributed by atoms with Gasteiger partial charge < -0.3 is 20.2 Å². The number of aromatic hydroxyl groups is 1. The molecule has 0 unspecified atom stereocenters. The van der Waals surface area contributed by atoms with E-state index in [0.29, 0.717) is 30.8 Å². The second-order valence-electron chi connectivity index (χ2n) is 9.48. The number of hydrazine groups is 1. The van der Waals surface area contributed by atoms with Crippen LogP contribution < -0.4 is 11.3 Å². The minimum atomic E-state index is -0.212. The van der Waals surface area contributed by atoms with E-state index in [1.54, 1.807) is 11.0 Å². The third-order valence-corrected chi connectivity index (χ3v) is 6.95. The SMILES string of the molecule is C=C(Cc1ccccc1)c1cc(C(=O)N2Cc3ccc(CN4CCOCC4)cc3C2)c(O)cc1NN. The highest BCUT2D eigenvalue weighted by molar-refractivity contribution is 5.99. The van der Waals surface area contributed by atoms with Crippen LogP contribution >= 0.6 is 0 Å². The van der Waals surface area contributed by atoms with Gasteiger partial charge in [-0.15, -0.1) is 0 Å². The number of nitrogen functional groups attached to an aromatic ring is 1. The van der Waals surface area contributed by atoms with Crippen molar-refractivity contribution in [2.75, 3.05) is 31.7 Å². The van der Waals surface area contributed by atoms with Crippen LogP contribution in [0, 0.1) is 0 Å². The Morgan fingerprint density at radius 2 is 1.72 bits per heavy atom. The molecule has 2 aliphatic heterocycles. The molecule has 7 nitrogen and oxygen atoms in total. The molecule has 2 heterocycles. The molecule has 7 heteroatoms. The van der Waals surface area contributed by atoms with Crippen molar-refractivity contribution in [1.82, 2.24) is 9.80 Å². The number of amides is 1. The fourth-order valence-corrected chi connectivity index (χ4v) is 4.99. The molecule has 0 bridgehead atoms. The maximum Gasteiger partial charge on any atom is 0.258 e. The molecule has 36 heavy (non-hydrogen) atoms. The van der Waals surface area contributed by atoms with Gasteiger partial charge in [0, 0.05) is 44.4 Å². The minimum Gasteiger partial charge on any atom is -0.507 e. The lowest BCUT2D eigenvalue weighted by Gasteiger charge is -2.26. The van der Waals surface area contributed by atoms with Crippen molar-refractivity contribution in [2.45, 2.75) is 26.1 Å². The first-order chi connectivity index (χ1) is 17.5. The first-order valence-electron chi connectivity index (χ1n) is 12.3. The van der Waals surface area contributed by atoms with E-state index in [2.05, 4.69) is 35.1 Å². The molecule has 1 fully saturated rings. The van der Waals surface area contributed by atoms with Crippen molar-refractivity contribution in [2.24, 2.45) is 5.84 Å². The Kier molecular flexibility index (Phi) is 7.04. The van der Waals surface area contributed by atoms with Crippen LogP contribution in [0.5, 0.6) is 5.75 Å². The second kappa shape index (κ2) is 10.5. The van der Waals surface area contributed by atoms with Crippen LogP contribution in [-0.2, 0) is 30.8 Å². The highest BCUT2D eigenvalue weighted by Crippen LogP contribution is 2.34. The fourth-order valence-electron chi connectivity index (χ4n) is 4.99. The number of allylic oxidation sites excluding steroid dienone is 1. The summed E-state index contributed by atoms with van der Waals surface area (Å²) in [6.07, 6.45) is 0.606. The molecule has 0 aliphatic carbocycles. The van der Waals surface area contributed by atoms with Crippen molar-refractivity contribution < 1.29 is 14.6 Å². The van der Waals surface area contributed by atoms with Gasteiger partial charge in [-0.1, -0.05) is 55.1 Å². The number of rotatable bonds is 7. The minimum absolute atomic E-state index is 0.104. The predicted octanol–water partition coefficient (Wildman–Crippen LogP) is 3.92. The number of phenols is 1. The van der Waals surface area contributed by atoms with E-state index < -0.39 is 0 Å². The lowest BCUT2D eigenvalue weighted by Crippen LogP contribution is -2.35. The number of hydrogen-bond donors (Lipinski definition) is 3. The number of nitrogens with one attached hydrogen (secondary N) is 1. The van der Waals surface area contributed by atoms with Crippen LogP contribution in [0.25, 0.3) is 5.57 Å². The van der Waals surface area contributed by atoms with Gasteiger partial charge in [0.2, 0.25) is 0 Å². The van der Waals surface area contributed by atoms with Crippen molar-refractivity contribution >= 4 is 17.2 Å². The number of ether oxygens (including phenoxy) is 1. The van der Waals surface area contributed by atoms with Crippen molar-refractivity contribution in [3.63, 3.8) is 0 Å². The van der Waals surface area contributed by atoms with Crippen LogP contribution in [0.15, 0.2) is 67.2 Å². The standard InChI is InChI=1S/C29H32N4O3/c1-20(13-21-5-3-2-4-6-21)25-15-26(28(34)16-27(25)31-30)29(35)33-18-23-8-7-22(14-24(23)19-33)17-32-9-11-36-12-10-32/h2-8,14-16,31,34H,1,9-13,17-19,30H2. The number of carbonyl (C=O) groups is 1. The van der Waals surface area contributed by atoms with Gasteiger partial charge in [0.15, 0.2) is 0 Å². The molecule has 0 radical (unpaired) electrons. The lowest BCUT2D eigenvalue weighted by molar-refractivity contribution is 0.0342. The van der Waals surface area contributed by atoms with E-state index in [4.69, 9.17) is 10.6 Å². The van der Waals surface area contributed by atoms with Crippen LogP contribution in [0.3, 0.4) is 0 Å². The average Bonchev–Trinajstić information content (AvgIpc) is 3.33. The van der Waals surface area contributed by atoms with Crippen LogP contribution in [0.4, 0.5) is 5.69 Å². The third-order valence-electron chi connectivity index (χ3n) is 6.95. The summed E-state index contributed by atoms with van der Waals surface area (Å²) in [4.78, 5) is 17.7. The number of fused-ring (bicyclic) bond motifs is 1. The van der Waals surface area contributed by atoms with E-state index >= 15 is 0 Å². The topological polar surface area (TPSA) is 91.1 Å². The zero-order valence-corrected chi connectivity index (χ0v) is 20.4. The number of anilines is 1. The Morgan fingerprint density at radius 3 is 2.47 bits per heavy atom. The normalized spacial score (nSPS) is 15.5. The molecule has 186 valence electrons. The molecule has 0 saturated carbocycles. The number of benzene rings is 3. The molecule has 2 aliphatic rings. The summed E-state index contributed by atoms with van der Waals surface area (Å²) < 4.78 is 5.45. The number of carbonyl (C=O) groups excluding carboxylic acids is 1. The Labute approximate surface area is 211 Å². The molecule has 0 aromatic heterocycles. The lowest BCUT2D eigenvalue weighted by atomic mass is 9.95. The van der Waals surface area contributed by atoms with Gasteiger partial charge >= 0.3 is 0 Å². The van der Waals surface area contributed by atoms with E-state index in [-0.39, 0.29) is 17.2 Å². The van der Waals surface area contributed by atoms with Crippen LogP contribution in [0.2, 0.25) is 0 Å². The summed E-state index contributed by atoms with van der Waals surface area (Å²) in [6.45, 7) is 9.57. The van der Waals surface area contributed by atoms with Crippen molar-refractivity contribution in [3.8, 4) is 5.75 Å². The zero-order valence-electron chi connectivity index (χ0n) is 20.4. The van der Waals surface area contributed by atoms with E-state index in [9.17, 15) is 9.90 Å². The van der Waals surface area contributed by atoms with E-state index in [1.807, 2.05) is 30.3 Å². The Morgan fingerprint density at radius 1 is 0.972 bits per heavy atom. The zero-order chi connectivity index (χ0) is 25.1. The molecule has 0 spiro atoms. The molecular formula is C29H32N4O3. The summed E-state index contributed by atoms with van der Waals surface area (Å²) in [5, 5.41) is 10.7. The van der Waals surface area contributed by atoms with Gasteiger partial charge in [-0.2, -0.15) is 0 Å². The second-order valence-corrected chi connectivity index (χ2v) is 9.48. The number of nitrogens with zero attached hydrogens (tertiary/aromatic N) is 2. The van der Waals surface area contributed by atoms with Crippen LogP contribution in [0.1, 0.15) is 38.2 Å². The Bertz CT molecular complexity index is 1270. The first kappa shape index (κ1) is 24.1. The van der Waals surface area contributed by atoms with Gasteiger partial charge in [0.1, 0.15) is 5.75 Å². The maximum atomic E-state index is 13.5. The van der Waals surface area contributed by atoms with Gasteiger partial charge in [-0.25, -0.2) is 0 Å². The van der Waals surface area contributed by atoms with Gasteiger partial charge in [-0.05, 0) is 40.3 Å². The van der Waals surface area contributed by atoms with E-state index in [0.717, 1.165) is 55.1 Å². The molecule has 1 saturated heterocycles. The Balaban J connectivity index is 1.34. The third kappa shape index (κ3) is 5.14. The van der Waals surface area contributed by atoms with Crippen molar-refractivity contribution in [1.29, 1.82) is 0 Å². The number of phenolic OH excluding ortho intramolecular Hbond substituents is 1. The molecule has 3 aromatic carbocycles. The highest BCUT2D eigenvalue weighted by Gasteiger charge is 2.27. The number of nitrogens with two attached hydrogens (primary N) is 1. The molecular weight excluding hydrogens is 452 g/mol. The molecule has 0 atom stereocenters. The average molecular weight is 485 g/mol. The monoisotopic (exact) mass is 484 g/mol. The molecule has 5 rings (SSSR count). The van der Waals surface area contributed by atoms with Gasteiger partial charge in [-0.3, -0.25) is 15.5 Å². The first-order valence-corrected chi connectivity index (χ1v) is 12.3. The summed E-state index contributed by atoms with van der Waals surface area (Å²) in [6, 6.07) is 19.7. The fraction of sp³-hybridized carbons (Fsp3) is 0.276. The maximum absolute atomic E-state index is 13.5. The summed E-state index contributed by atoms with van der Waals surface area (Å²) in [5.41, 5.74) is 9.58. The van der Waals surface area contributed by atoms with Crippen molar-refractivity contribution in [3.05, 3.63) is 101 Å². The smallest absolute Gasteiger partial charge is 0.258 e. The highest BCUT2D eigenvalue weighted by atomic mass is 16.5. The number of hydrogen-bond acceptors (Lipinski definition) is 6. The quantitative estimate of drug-likeness (QED) is 0.348. The molecule has 3 aromatic rings. The summed E-state index contributed by atoms with van der Waals surface area (Å²) >= 11 is 0. The summed E-state index contributed by atoms with van der Waals surface area (Å²) in [7, 11) is 0. The predicted molar refractivity (Wildman–Crippen MR) is 141 cm³/mol. The Hall–Kier alpha value is -3.65. The van der Waals surface area contributed by atoms with Gasteiger partial charge in [0.25, 0.3) is 5.91 Å². The largest absolute Gasteiger partial charge is 0.507 e. The van der Waals surface area contributed by atoms with Gasteiger partial charge in [0.05, 0.1) is 24.5 Å².